The minimum Gasteiger partial charge on any atom is -0.481 e. The summed E-state index contributed by atoms with van der Waals surface area (Å²) in [4.78, 5) is 16.3. The number of nitrogens with one attached hydrogen (secondary N) is 1. The molecule has 1 unspecified atom stereocenters. The lowest BCUT2D eigenvalue weighted by Gasteiger charge is -2.16. The molecule has 27 heavy (non-hydrogen) atoms. The summed E-state index contributed by atoms with van der Waals surface area (Å²) in [6.45, 7) is 6.45. The minimum atomic E-state index is -0.568. The Morgan fingerprint density at radius 2 is 1.93 bits per heavy atom. The van der Waals surface area contributed by atoms with Gasteiger partial charge in [-0.3, -0.25) is 4.79 Å². The van der Waals surface area contributed by atoms with Crippen molar-refractivity contribution in [2.45, 2.75) is 39.3 Å². The number of nitrogens with zero attached hydrogens (tertiary/aromatic N) is 3. The summed E-state index contributed by atoms with van der Waals surface area (Å²) in [7, 11) is 0. The standard InChI is InChI=1S/C21H24N4O2/c1-15(2)18-5-4-6-20(11-18)27-16(3)21(26)23-12-17-7-9-19(10-8-17)25-14-22-13-24-25/h4-11,13-16H,12H2,1-3H3,(H,23,26). The molecule has 0 saturated heterocycles. The normalized spacial score (nSPS) is 12.0. The van der Waals surface area contributed by atoms with Crippen LogP contribution in [0, 0.1) is 0 Å². The molecular formula is C21H24N4O2. The predicted octanol–water partition coefficient (Wildman–Crippen LogP) is 3.47. The van der Waals surface area contributed by atoms with Crippen LogP contribution in [-0.2, 0) is 11.3 Å². The second-order valence-corrected chi connectivity index (χ2v) is 6.71. The van der Waals surface area contributed by atoms with Crippen molar-refractivity contribution in [2.24, 2.45) is 0 Å². The van der Waals surface area contributed by atoms with E-state index >= 15 is 0 Å². The zero-order valence-electron chi connectivity index (χ0n) is 15.8. The first-order chi connectivity index (χ1) is 13.0. The van der Waals surface area contributed by atoms with E-state index in [1.165, 1.54) is 11.9 Å². The summed E-state index contributed by atoms with van der Waals surface area (Å²) < 4.78 is 7.48. The molecule has 3 rings (SSSR count). The van der Waals surface area contributed by atoms with Gasteiger partial charge in [0.25, 0.3) is 5.91 Å². The maximum absolute atomic E-state index is 12.3. The van der Waals surface area contributed by atoms with Crippen LogP contribution in [0.3, 0.4) is 0 Å². The Morgan fingerprint density at radius 3 is 2.59 bits per heavy atom. The molecule has 1 amide bonds. The van der Waals surface area contributed by atoms with Crippen LogP contribution in [0.4, 0.5) is 0 Å². The van der Waals surface area contributed by atoms with Gasteiger partial charge in [-0.1, -0.05) is 38.1 Å². The third-order valence-corrected chi connectivity index (χ3v) is 4.29. The maximum atomic E-state index is 12.3. The summed E-state index contributed by atoms with van der Waals surface area (Å²) >= 11 is 0. The fourth-order valence-corrected chi connectivity index (χ4v) is 2.65. The molecule has 3 aromatic rings. The number of carbonyl (C=O) groups excluding carboxylic acids is 1. The molecule has 1 aromatic heterocycles. The van der Waals surface area contributed by atoms with Crippen LogP contribution in [0.25, 0.3) is 5.69 Å². The lowest BCUT2D eigenvalue weighted by atomic mass is 10.0. The second kappa shape index (κ2) is 8.49. The molecule has 1 heterocycles. The van der Waals surface area contributed by atoms with Gasteiger partial charge < -0.3 is 10.1 Å². The zero-order valence-corrected chi connectivity index (χ0v) is 15.8. The van der Waals surface area contributed by atoms with Crippen LogP contribution in [-0.4, -0.2) is 26.8 Å². The summed E-state index contributed by atoms with van der Waals surface area (Å²) in [5.74, 6) is 0.976. The minimum absolute atomic E-state index is 0.148. The van der Waals surface area contributed by atoms with E-state index in [4.69, 9.17) is 4.74 Å². The average Bonchev–Trinajstić information content (AvgIpc) is 3.21. The Kier molecular flexibility index (Phi) is 5.86. The first-order valence-electron chi connectivity index (χ1n) is 9.01. The molecule has 0 aliphatic heterocycles. The van der Waals surface area contributed by atoms with Crippen LogP contribution < -0.4 is 10.1 Å². The van der Waals surface area contributed by atoms with Crippen molar-refractivity contribution in [2.75, 3.05) is 0 Å². The van der Waals surface area contributed by atoms with E-state index in [1.807, 2.05) is 42.5 Å². The van der Waals surface area contributed by atoms with Crippen LogP contribution in [0.2, 0.25) is 0 Å². The molecule has 0 bridgehead atoms. The van der Waals surface area contributed by atoms with Crippen molar-refractivity contribution < 1.29 is 9.53 Å². The Labute approximate surface area is 159 Å². The van der Waals surface area contributed by atoms with E-state index < -0.39 is 6.10 Å². The fourth-order valence-electron chi connectivity index (χ4n) is 2.65. The molecule has 2 aromatic carbocycles. The molecule has 0 radical (unpaired) electrons. The topological polar surface area (TPSA) is 69.0 Å². The molecule has 6 nitrogen and oxygen atoms in total. The molecule has 140 valence electrons. The van der Waals surface area contributed by atoms with Gasteiger partial charge in [-0.05, 0) is 48.2 Å². The quantitative estimate of drug-likeness (QED) is 0.697. The Hall–Kier alpha value is -3.15. The monoisotopic (exact) mass is 364 g/mol. The lowest BCUT2D eigenvalue weighted by Crippen LogP contribution is -2.35. The van der Waals surface area contributed by atoms with Crippen LogP contribution in [0.5, 0.6) is 5.75 Å². The smallest absolute Gasteiger partial charge is 0.261 e. The average molecular weight is 364 g/mol. The first kappa shape index (κ1) is 18.6. The van der Waals surface area contributed by atoms with Crippen molar-refractivity contribution in [3.05, 3.63) is 72.3 Å². The SMILES string of the molecule is CC(Oc1cccc(C(C)C)c1)C(=O)NCc1ccc(-n2cncn2)cc1. The van der Waals surface area contributed by atoms with Gasteiger partial charge in [0, 0.05) is 6.54 Å². The van der Waals surface area contributed by atoms with Gasteiger partial charge in [0.05, 0.1) is 5.69 Å². The zero-order chi connectivity index (χ0) is 19.2. The Balaban J connectivity index is 1.53. The van der Waals surface area contributed by atoms with Gasteiger partial charge in [0.15, 0.2) is 6.10 Å². The third-order valence-electron chi connectivity index (χ3n) is 4.29. The number of hydrogen-bond donors (Lipinski definition) is 1. The van der Waals surface area contributed by atoms with Crippen molar-refractivity contribution in [1.82, 2.24) is 20.1 Å². The highest BCUT2D eigenvalue weighted by molar-refractivity contribution is 5.80. The van der Waals surface area contributed by atoms with Crippen molar-refractivity contribution in [3.8, 4) is 11.4 Å². The summed E-state index contributed by atoms with van der Waals surface area (Å²) in [5, 5.41) is 7.00. The number of aromatic nitrogens is 3. The Bertz CT molecular complexity index is 873. The summed E-state index contributed by atoms with van der Waals surface area (Å²) in [5.41, 5.74) is 3.11. The van der Waals surface area contributed by atoms with E-state index in [-0.39, 0.29) is 5.91 Å². The number of hydrogen-bond acceptors (Lipinski definition) is 4. The van der Waals surface area contributed by atoms with E-state index in [1.54, 1.807) is 17.9 Å². The Morgan fingerprint density at radius 1 is 1.15 bits per heavy atom. The molecule has 0 spiro atoms. The largest absolute Gasteiger partial charge is 0.481 e. The van der Waals surface area contributed by atoms with Gasteiger partial charge in [-0.15, -0.1) is 0 Å². The lowest BCUT2D eigenvalue weighted by molar-refractivity contribution is -0.127. The molecule has 0 saturated carbocycles. The fraction of sp³-hybridized carbons (Fsp3) is 0.286. The van der Waals surface area contributed by atoms with Crippen LogP contribution >= 0.6 is 0 Å². The van der Waals surface area contributed by atoms with Gasteiger partial charge in [-0.2, -0.15) is 5.10 Å². The summed E-state index contributed by atoms with van der Waals surface area (Å²) in [6, 6.07) is 15.7. The van der Waals surface area contributed by atoms with E-state index in [2.05, 4.69) is 35.3 Å². The van der Waals surface area contributed by atoms with Crippen molar-refractivity contribution >= 4 is 5.91 Å². The van der Waals surface area contributed by atoms with Crippen molar-refractivity contribution in [1.29, 1.82) is 0 Å². The van der Waals surface area contributed by atoms with Gasteiger partial charge in [-0.25, -0.2) is 9.67 Å². The highest BCUT2D eigenvalue weighted by Gasteiger charge is 2.14. The second-order valence-electron chi connectivity index (χ2n) is 6.71. The molecule has 0 fully saturated rings. The highest BCUT2D eigenvalue weighted by atomic mass is 16.5. The van der Waals surface area contributed by atoms with Crippen LogP contribution in [0.15, 0.2) is 61.2 Å². The number of benzene rings is 2. The third kappa shape index (κ3) is 4.94. The highest BCUT2D eigenvalue weighted by Crippen LogP contribution is 2.21. The molecule has 6 heteroatoms. The van der Waals surface area contributed by atoms with Gasteiger partial charge in [0.1, 0.15) is 18.4 Å². The van der Waals surface area contributed by atoms with E-state index in [0.29, 0.717) is 18.2 Å². The molecular weight excluding hydrogens is 340 g/mol. The molecule has 1 N–H and O–H groups in total. The maximum Gasteiger partial charge on any atom is 0.261 e. The van der Waals surface area contributed by atoms with Gasteiger partial charge >= 0.3 is 0 Å². The van der Waals surface area contributed by atoms with E-state index in [9.17, 15) is 4.79 Å². The first-order valence-corrected chi connectivity index (χ1v) is 9.01. The summed E-state index contributed by atoms with van der Waals surface area (Å²) in [6.07, 6.45) is 2.57. The molecule has 0 aliphatic rings. The molecule has 1 atom stereocenters. The number of carbonyl (C=O) groups is 1. The number of ether oxygens (including phenoxy) is 1. The van der Waals surface area contributed by atoms with E-state index in [0.717, 1.165) is 11.3 Å². The number of amides is 1. The van der Waals surface area contributed by atoms with Crippen LogP contribution in [0.1, 0.15) is 37.8 Å². The number of rotatable bonds is 7. The van der Waals surface area contributed by atoms with Crippen molar-refractivity contribution in [3.63, 3.8) is 0 Å². The molecule has 0 aliphatic carbocycles. The predicted molar refractivity (Wildman–Crippen MR) is 104 cm³/mol. The van der Waals surface area contributed by atoms with Gasteiger partial charge in [0.2, 0.25) is 0 Å².